The summed E-state index contributed by atoms with van der Waals surface area (Å²) < 4.78 is 18.3. The normalized spacial score (nSPS) is 52.3. The molecule has 0 aromatic rings. The molecular formula is C25H38O7. The van der Waals surface area contributed by atoms with Crippen LogP contribution in [-0.2, 0) is 23.8 Å². The molecule has 3 heterocycles. The number of carbonyl (C=O) groups is 2. The number of hydrogen-bond donors (Lipinski definition) is 2. The van der Waals surface area contributed by atoms with Gasteiger partial charge in [0, 0.05) is 46.8 Å². The van der Waals surface area contributed by atoms with Gasteiger partial charge in [0.05, 0.1) is 18.8 Å². The number of Topliss-reactive ketones (excluding diaryl/α,β-unsaturated/α-hetero) is 2. The molecule has 0 radical (unpaired) electrons. The highest BCUT2D eigenvalue weighted by molar-refractivity contribution is 5.89. The molecule has 32 heavy (non-hydrogen) atoms. The molecule has 0 bridgehead atoms. The minimum Gasteiger partial charge on any atom is -0.388 e. The maximum Gasteiger partial charge on any atom is 0.163 e. The number of aliphatic hydroxyl groups excluding tert-OH is 2. The molecule has 5 aliphatic rings. The lowest BCUT2D eigenvalue weighted by molar-refractivity contribution is -0.298. The summed E-state index contributed by atoms with van der Waals surface area (Å²) in [6.07, 6.45) is 1.07. The molecule has 3 aliphatic heterocycles. The number of ketones is 2. The molecule has 2 saturated carbocycles. The third-order valence-corrected chi connectivity index (χ3v) is 9.66. The zero-order valence-corrected chi connectivity index (χ0v) is 19.7. The van der Waals surface area contributed by atoms with Crippen LogP contribution in [0.5, 0.6) is 0 Å². The van der Waals surface area contributed by atoms with Crippen LogP contribution in [0.3, 0.4) is 0 Å². The first-order valence-electron chi connectivity index (χ1n) is 12.4. The second kappa shape index (κ2) is 7.84. The van der Waals surface area contributed by atoms with Gasteiger partial charge in [-0.05, 0) is 32.1 Å². The van der Waals surface area contributed by atoms with Gasteiger partial charge in [-0.15, -0.1) is 0 Å². The van der Waals surface area contributed by atoms with E-state index in [-0.39, 0.29) is 59.3 Å². The van der Waals surface area contributed by atoms with Gasteiger partial charge in [0.15, 0.2) is 12.6 Å². The van der Waals surface area contributed by atoms with Gasteiger partial charge >= 0.3 is 0 Å². The van der Waals surface area contributed by atoms with E-state index in [0.29, 0.717) is 25.7 Å². The third kappa shape index (κ3) is 3.26. The summed E-state index contributed by atoms with van der Waals surface area (Å²) in [4.78, 5) is 26.2. The zero-order chi connectivity index (χ0) is 23.0. The van der Waals surface area contributed by atoms with Crippen molar-refractivity contribution >= 4 is 11.6 Å². The van der Waals surface area contributed by atoms with Crippen LogP contribution < -0.4 is 0 Å². The van der Waals surface area contributed by atoms with E-state index in [1.54, 1.807) is 0 Å². The Bertz CT molecular complexity index is 782. The van der Waals surface area contributed by atoms with E-state index in [4.69, 9.17) is 14.2 Å². The lowest BCUT2D eigenvalue weighted by Crippen LogP contribution is -2.59. The van der Waals surface area contributed by atoms with Crippen LogP contribution >= 0.6 is 0 Å². The number of fused-ring (bicyclic) bond motifs is 2. The van der Waals surface area contributed by atoms with Crippen molar-refractivity contribution in [2.24, 2.45) is 40.4 Å². The fourth-order valence-electron chi connectivity index (χ4n) is 7.51. The molecule has 11 atom stereocenters. The molecule has 3 saturated heterocycles. The molecule has 5 rings (SSSR count). The average molecular weight is 451 g/mol. The molecule has 2 aliphatic carbocycles. The molecule has 180 valence electrons. The van der Waals surface area contributed by atoms with Crippen molar-refractivity contribution in [3.05, 3.63) is 0 Å². The van der Waals surface area contributed by atoms with Gasteiger partial charge < -0.3 is 24.4 Å². The van der Waals surface area contributed by atoms with Crippen molar-refractivity contribution in [1.29, 1.82) is 0 Å². The topological polar surface area (TPSA) is 102 Å². The molecule has 0 amide bonds. The van der Waals surface area contributed by atoms with Crippen LogP contribution in [0.4, 0.5) is 0 Å². The molecular weight excluding hydrogens is 412 g/mol. The molecule has 7 heteroatoms. The predicted octanol–water partition coefficient (Wildman–Crippen LogP) is 2.46. The van der Waals surface area contributed by atoms with E-state index in [1.165, 1.54) is 0 Å². The highest BCUT2D eigenvalue weighted by atomic mass is 16.7. The first kappa shape index (κ1) is 22.9. The highest BCUT2D eigenvalue weighted by Gasteiger charge is 2.68. The minimum atomic E-state index is -0.965. The fraction of sp³-hybridized carbons (Fsp3) is 0.920. The van der Waals surface area contributed by atoms with Crippen molar-refractivity contribution in [1.82, 2.24) is 0 Å². The van der Waals surface area contributed by atoms with Gasteiger partial charge in [-0.25, -0.2) is 0 Å². The maximum absolute atomic E-state index is 13.9. The Morgan fingerprint density at radius 1 is 1.12 bits per heavy atom. The number of ether oxygens (including phenoxy) is 3. The van der Waals surface area contributed by atoms with E-state index in [9.17, 15) is 19.8 Å². The SMILES string of the molecule is CC(C)C(=O)CC[C@]1(C)CC[C@]2(C)[C@H](CC[C@H]3[C@H]4C5[C@@H](OC[C@@H](O)[C@@H]5O[C@@H]3O)O[C@@H]42)C1=O. The quantitative estimate of drug-likeness (QED) is 0.678. The Morgan fingerprint density at radius 2 is 1.88 bits per heavy atom. The third-order valence-electron chi connectivity index (χ3n) is 9.66. The summed E-state index contributed by atoms with van der Waals surface area (Å²) in [6, 6.07) is 0. The summed E-state index contributed by atoms with van der Waals surface area (Å²) in [5, 5.41) is 21.3. The Labute approximate surface area is 190 Å². The van der Waals surface area contributed by atoms with Gasteiger partial charge in [0.2, 0.25) is 0 Å². The van der Waals surface area contributed by atoms with E-state index in [0.717, 1.165) is 12.8 Å². The standard InChI is InChI=1S/C25H38O7/c1-12(2)15(26)7-8-24(3)9-10-25(4)14(20(24)28)6-5-13-17-18-19(31-22(13)29)16(27)11-30-23(18)32-21(17)25/h12-14,16-19,21-23,27,29H,5-11H2,1-4H3/t13-,14+,16+,17-,18?,19-,21-,22-,23-,24+,25+/m0/s1. The Hall–Kier alpha value is -0.860. The predicted molar refractivity (Wildman–Crippen MR) is 114 cm³/mol. The largest absolute Gasteiger partial charge is 0.388 e. The van der Waals surface area contributed by atoms with Crippen LogP contribution in [0.1, 0.15) is 66.2 Å². The van der Waals surface area contributed by atoms with Crippen molar-refractivity contribution in [2.45, 2.75) is 97.1 Å². The summed E-state index contributed by atoms with van der Waals surface area (Å²) >= 11 is 0. The van der Waals surface area contributed by atoms with E-state index < -0.39 is 30.2 Å². The molecule has 0 spiro atoms. The average Bonchev–Trinajstić information content (AvgIpc) is 3.08. The Balaban J connectivity index is 1.44. The van der Waals surface area contributed by atoms with E-state index in [2.05, 4.69) is 6.92 Å². The van der Waals surface area contributed by atoms with Crippen molar-refractivity contribution < 1.29 is 34.0 Å². The summed E-state index contributed by atoms with van der Waals surface area (Å²) in [5.74, 6) is 0.00457. The smallest absolute Gasteiger partial charge is 0.163 e. The summed E-state index contributed by atoms with van der Waals surface area (Å²) in [6.45, 7) is 8.15. The van der Waals surface area contributed by atoms with Crippen LogP contribution in [0.2, 0.25) is 0 Å². The second-order valence-corrected chi connectivity index (χ2v) is 11.8. The van der Waals surface area contributed by atoms with Crippen LogP contribution in [0, 0.1) is 40.4 Å². The molecule has 2 N–H and O–H groups in total. The van der Waals surface area contributed by atoms with Crippen LogP contribution in [0.25, 0.3) is 0 Å². The van der Waals surface area contributed by atoms with Gasteiger partial charge in [0.25, 0.3) is 0 Å². The number of rotatable bonds is 4. The van der Waals surface area contributed by atoms with Crippen molar-refractivity contribution in [3.8, 4) is 0 Å². The molecule has 0 aromatic carbocycles. The maximum atomic E-state index is 13.9. The molecule has 5 fully saturated rings. The number of carbonyl (C=O) groups excluding carboxylic acids is 2. The second-order valence-electron chi connectivity index (χ2n) is 11.8. The first-order chi connectivity index (χ1) is 15.1. The lowest BCUT2D eigenvalue weighted by Gasteiger charge is -2.51. The number of aliphatic hydroxyl groups is 2. The molecule has 7 nitrogen and oxygen atoms in total. The fourth-order valence-corrected chi connectivity index (χ4v) is 7.51. The minimum absolute atomic E-state index is 0.00150. The lowest BCUT2D eigenvalue weighted by atomic mass is 9.53. The number of hydrogen-bond acceptors (Lipinski definition) is 7. The highest BCUT2D eigenvalue weighted by Crippen LogP contribution is 2.62. The van der Waals surface area contributed by atoms with Gasteiger partial charge in [-0.3, -0.25) is 9.59 Å². The van der Waals surface area contributed by atoms with Crippen LogP contribution in [0.15, 0.2) is 0 Å². The van der Waals surface area contributed by atoms with Crippen molar-refractivity contribution in [3.63, 3.8) is 0 Å². The molecule has 0 aromatic heterocycles. The van der Waals surface area contributed by atoms with Gasteiger partial charge in [-0.1, -0.05) is 27.7 Å². The van der Waals surface area contributed by atoms with E-state index >= 15 is 0 Å². The Morgan fingerprint density at radius 3 is 2.59 bits per heavy atom. The zero-order valence-electron chi connectivity index (χ0n) is 19.7. The van der Waals surface area contributed by atoms with Gasteiger partial charge in [-0.2, -0.15) is 0 Å². The monoisotopic (exact) mass is 450 g/mol. The van der Waals surface area contributed by atoms with E-state index in [1.807, 2.05) is 20.8 Å². The van der Waals surface area contributed by atoms with Gasteiger partial charge in [0.1, 0.15) is 17.7 Å². The van der Waals surface area contributed by atoms with Crippen molar-refractivity contribution in [2.75, 3.05) is 6.61 Å². The molecule has 1 unspecified atom stereocenters. The van der Waals surface area contributed by atoms with Crippen LogP contribution in [-0.4, -0.2) is 59.3 Å². The Kier molecular flexibility index (Phi) is 5.61. The first-order valence-corrected chi connectivity index (χ1v) is 12.4. The summed E-state index contributed by atoms with van der Waals surface area (Å²) in [5.41, 5.74) is -0.856. The summed E-state index contributed by atoms with van der Waals surface area (Å²) in [7, 11) is 0.